The number of benzene rings is 1. The Bertz CT molecular complexity index is 583. The van der Waals surface area contributed by atoms with Crippen molar-refractivity contribution in [3.8, 4) is 0 Å². The van der Waals surface area contributed by atoms with E-state index in [2.05, 4.69) is 62.3 Å². The van der Waals surface area contributed by atoms with E-state index >= 15 is 0 Å². The third kappa shape index (κ3) is 4.94. The van der Waals surface area contributed by atoms with Crippen LogP contribution in [0.25, 0.3) is 0 Å². The summed E-state index contributed by atoms with van der Waals surface area (Å²) in [4.78, 5) is 4.65. The molecule has 0 spiro atoms. The molecule has 114 valence electrons. The fraction of sp³-hybridized carbons (Fsp3) is 0.500. The van der Waals surface area contributed by atoms with E-state index in [4.69, 9.17) is 0 Å². The number of rotatable bonds is 5. The topological polar surface area (TPSA) is 33.1 Å². The quantitative estimate of drug-likeness (QED) is 0.894. The van der Waals surface area contributed by atoms with Crippen LogP contribution >= 0.6 is 11.3 Å². The molecule has 1 heterocycles. The highest BCUT2D eigenvalue weighted by molar-refractivity contribution is 7.09. The van der Waals surface area contributed by atoms with Crippen LogP contribution in [-0.2, 0) is 18.3 Å². The van der Waals surface area contributed by atoms with Gasteiger partial charge in [0, 0.05) is 17.2 Å². The van der Waals surface area contributed by atoms with Crippen molar-refractivity contribution in [3.05, 3.63) is 51.5 Å². The third-order valence-electron chi connectivity index (χ3n) is 3.58. The van der Waals surface area contributed by atoms with Crippen LogP contribution < -0.4 is 0 Å². The van der Waals surface area contributed by atoms with Gasteiger partial charge in [-0.15, -0.1) is 11.3 Å². The summed E-state index contributed by atoms with van der Waals surface area (Å²) in [6, 6.07) is 8.49. The number of aromatic nitrogens is 1. The molecule has 3 heteroatoms. The lowest BCUT2D eigenvalue weighted by molar-refractivity contribution is 0.165. The molecular formula is C18H25NOS. The van der Waals surface area contributed by atoms with E-state index in [0.717, 1.165) is 23.5 Å². The second kappa shape index (κ2) is 6.71. The summed E-state index contributed by atoms with van der Waals surface area (Å²) in [5.41, 5.74) is 3.77. The molecule has 0 aliphatic carbocycles. The first-order valence-electron chi connectivity index (χ1n) is 7.53. The molecule has 1 N–H and O–H groups in total. The van der Waals surface area contributed by atoms with Crippen molar-refractivity contribution < 1.29 is 5.11 Å². The average Bonchev–Trinajstić information content (AvgIpc) is 2.85. The van der Waals surface area contributed by atoms with Gasteiger partial charge in [0.25, 0.3) is 0 Å². The number of aliphatic hydroxyl groups is 1. The maximum atomic E-state index is 10.2. The molecule has 2 rings (SSSR count). The molecule has 0 aliphatic heterocycles. The van der Waals surface area contributed by atoms with Crippen LogP contribution in [0.15, 0.2) is 29.6 Å². The summed E-state index contributed by atoms with van der Waals surface area (Å²) in [6.45, 7) is 8.60. The molecule has 0 aliphatic rings. The SMILES string of the molecule is Cc1cccc(CCC(O)Cc2nc(C(C)(C)C)cs2)c1. The maximum Gasteiger partial charge on any atom is 0.0954 e. The van der Waals surface area contributed by atoms with E-state index in [-0.39, 0.29) is 11.5 Å². The summed E-state index contributed by atoms with van der Waals surface area (Å²) >= 11 is 1.66. The molecule has 2 aromatic rings. The third-order valence-corrected chi connectivity index (χ3v) is 4.45. The van der Waals surface area contributed by atoms with Crippen molar-refractivity contribution in [2.75, 3.05) is 0 Å². The molecule has 1 aromatic carbocycles. The highest BCUT2D eigenvalue weighted by Gasteiger charge is 2.18. The molecule has 0 amide bonds. The Labute approximate surface area is 131 Å². The van der Waals surface area contributed by atoms with E-state index < -0.39 is 0 Å². The fourth-order valence-electron chi connectivity index (χ4n) is 2.25. The van der Waals surface area contributed by atoms with E-state index in [1.165, 1.54) is 11.1 Å². The van der Waals surface area contributed by atoms with Crippen LogP contribution in [0.2, 0.25) is 0 Å². The number of nitrogens with zero attached hydrogens (tertiary/aromatic N) is 1. The maximum absolute atomic E-state index is 10.2. The molecule has 1 atom stereocenters. The zero-order valence-electron chi connectivity index (χ0n) is 13.4. The van der Waals surface area contributed by atoms with Crippen LogP contribution in [0.4, 0.5) is 0 Å². The number of hydrogen-bond donors (Lipinski definition) is 1. The van der Waals surface area contributed by atoms with Crippen LogP contribution in [0.1, 0.15) is 49.0 Å². The largest absolute Gasteiger partial charge is 0.393 e. The van der Waals surface area contributed by atoms with Crippen molar-refractivity contribution in [3.63, 3.8) is 0 Å². The Hall–Kier alpha value is -1.19. The van der Waals surface area contributed by atoms with E-state index in [0.29, 0.717) is 6.42 Å². The summed E-state index contributed by atoms with van der Waals surface area (Å²) in [5.74, 6) is 0. The van der Waals surface area contributed by atoms with E-state index in [9.17, 15) is 5.11 Å². The number of hydrogen-bond acceptors (Lipinski definition) is 3. The second-order valence-electron chi connectivity index (χ2n) is 6.76. The molecule has 0 radical (unpaired) electrons. The molecular weight excluding hydrogens is 278 g/mol. The molecule has 1 aromatic heterocycles. The van der Waals surface area contributed by atoms with Crippen molar-refractivity contribution >= 4 is 11.3 Å². The Morgan fingerprint density at radius 2 is 2.05 bits per heavy atom. The highest BCUT2D eigenvalue weighted by Crippen LogP contribution is 2.24. The number of aliphatic hydroxyl groups excluding tert-OH is 1. The van der Waals surface area contributed by atoms with Crippen molar-refractivity contribution in [2.45, 2.75) is 58.5 Å². The summed E-state index contributed by atoms with van der Waals surface area (Å²) < 4.78 is 0. The normalized spacial score (nSPS) is 13.4. The Morgan fingerprint density at radius 3 is 2.67 bits per heavy atom. The van der Waals surface area contributed by atoms with E-state index in [1.54, 1.807) is 11.3 Å². The lowest BCUT2D eigenvalue weighted by Crippen LogP contribution is -2.14. The first kappa shape index (κ1) is 16.2. The molecule has 0 saturated carbocycles. The molecule has 1 unspecified atom stereocenters. The van der Waals surface area contributed by atoms with Gasteiger partial charge in [0.15, 0.2) is 0 Å². The second-order valence-corrected chi connectivity index (χ2v) is 7.70. The summed E-state index contributed by atoms with van der Waals surface area (Å²) in [5, 5.41) is 13.4. The van der Waals surface area contributed by atoms with Crippen LogP contribution in [0.3, 0.4) is 0 Å². The van der Waals surface area contributed by atoms with Gasteiger partial charge in [-0.2, -0.15) is 0 Å². The Kier molecular flexibility index (Phi) is 5.17. The minimum absolute atomic E-state index is 0.0846. The highest BCUT2D eigenvalue weighted by atomic mass is 32.1. The monoisotopic (exact) mass is 303 g/mol. The average molecular weight is 303 g/mol. The predicted octanol–water partition coefficient (Wildman–Crippen LogP) is 4.29. The molecule has 0 bridgehead atoms. The molecule has 0 saturated heterocycles. The molecule has 0 fully saturated rings. The molecule has 2 nitrogen and oxygen atoms in total. The van der Waals surface area contributed by atoms with Crippen molar-refractivity contribution in [1.82, 2.24) is 4.98 Å². The van der Waals surface area contributed by atoms with Crippen molar-refractivity contribution in [1.29, 1.82) is 0 Å². The van der Waals surface area contributed by atoms with Gasteiger partial charge in [-0.25, -0.2) is 4.98 Å². The van der Waals surface area contributed by atoms with Crippen LogP contribution in [-0.4, -0.2) is 16.2 Å². The standard InChI is InChI=1S/C18H25NOS/c1-13-6-5-7-14(10-13)8-9-15(20)11-17-19-16(12-21-17)18(2,3)4/h5-7,10,12,15,20H,8-9,11H2,1-4H3. The fourth-order valence-corrected chi connectivity index (χ4v) is 3.35. The summed E-state index contributed by atoms with van der Waals surface area (Å²) in [7, 11) is 0. The van der Waals surface area contributed by atoms with Crippen LogP contribution in [0, 0.1) is 6.92 Å². The minimum Gasteiger partial charge on any atom is -0.393 e. The van der Waals surface area contributed by atoms with Gasteiger partial charge < -0.3 is 5.11 Å². The zero-order valence-corrected chi connectivity index (χ0v) is 14.2. The molecule has 21 heavy (non-hydrogen) atoms. The van der Waals surface area contributed by atoms with Gasteiger partial charge in [0.05, 0.1) is 16.8 Å². The van der Waals surface area contributed by atoms with Gasteiger partial charge in [-0.05, 0) is 25.3 Å². The van der Waals surface area contributed by atoms with Gasteiger partial charge in [0.2, 0.25) is 0 Å². The Morgan fingerprint density at radius 1 is 1.29 bits per heavy atom. The van der Waals surface area contributed by atoms with E-state index in [1.807, 2.05) is 0 Å². The lowest BCUT2D eigenvalue weighted by Gasteiger charge is -2.14. The number of aryl methyl sites for hydroxylation is 2. The lowest BCUT2D eigenvalue weighted by atomic mass is 9.93. The first-order chi connectivity index (χ1) is 9.84. The van der Waals surface area contributed by atoms with Crippen LogP contribution in [0.5, 0.6) is 0 Å². The van der Waals surface area contributed by atoms with Crippen molar-refractivity contribution in [2.24, 2.45) is 0 Å². The summed E-state index contributed by atoms with van der Waals surface area (Å²) in [6.07, 6.45) is 2.05. The zero-order chi connectivity index (χ0) is 15.5. The first-order valence-corrected chi connectivity index (χ1v) is 8.41. The van der Waals surface area contributed by atoms with Gasteiger partial charge in [-0.3, -0.25) is 0 Å². The van der Waals surface area contributed by atoms with Gasteiger partial charge in [-0.1, -0.05) is 50.6 Å². The Balaban J connectivity index is 1.87. The smallest absolute Gasteiger partial charge is 0.0954 e. The minimum atomic E-state index is -0.315. The predicted molar refractivity (Wildman–Crippen MR) is 90.0 cm³/mol. The number of thiazole rings is 1. The van der Waals surface area contributed by atoms with Gasteiger partial charge >= 0.3 is 0 Å². The van der Waals surface area contributed by atoms with Gasteiger partial charge in [0.1, 0.15) is 0 Å².